The van der Waals surface area contributed by atoms with Crippen LogP contribution in [-0.2, 0) is 0 Å². The molecule has 4 aliphatic carbocycles. The van der Waals surface area contributed by atoms with Gasteiger partial charge in [0.25, 0.3) is 0 Å². The minimum absolute atomic E-state index is 0.336. The number of aliphatic hydroxyl groups is 2. The molecule has 4 saturated carbocycles. The zero-order valence-corrected chi connectivity index (χ0v) is 17.1. The molecule has 2 heteroatoms. The van der Waals surface area contributed by atoms with Gasteiger partial charge in [0.15, 0.2) is 0 Å². The molecule has 4 aliphatic rings. The summed E-state index contributed by atoms with van der Waals surface area (Å²) in [5.41, 5.74) is -0.192. The van der Waals surface area contributed by atoms with E-state index in [1.54, 1.807) is 0 Å². The van der Waals surface area contributed by atoms with Crippen molar-refractivity contribution < 1.29 is 10.2 Å². The maximum atomic E-state index is 10.8. The minimum atomic E-state index is -0.541. The van der Waals surface area contributed by atoms with Gasteiger partial charge < -0.3 is 10.2 Å². The molecule has 0 radical (unpaired) electrons. The molecule has 0 spiro atoms. The van der Waals surface area contributed by atoms with E-state index in [1.165, 1.54) is 44.9 Å². The van der Waals surface area contributed by atoms with Crippen LogP contribution in [0.25, 0.3) is 0 Å². The Hall–Kier alpha value is -0.0800. The molecule has 2 nitrogen and oxygen atoms in total. The SMILES string of the molecule is CC(C)(O)[C@H]1CC[C@H]2[C@@H]3CC[C@H]4C[C@](C)(O)CC[C@]4(C)C3CC[C@]12C. The first-order valence-electron chi connectivity index (χ1n) is 10.9. The van der Waals surface area contributed by atoms with Gasteiger partial charge in [0.1, 0.15) is 0 Å². The molecule has 0 aromatic heterocycles. The molecule has 8 atom stereocenters. The molecule has 0 saturated heterocycles. The van der Waals surface area contributed by atoms with Crippen molar-refractivity contribution in [3.05, 3.63) is 0 Å². The summed E-state index contributed by atoms with van der Waals surface area (Å²) in [5.74, 6) is 3.69. The quantitative estimate of drug-likeness (QED) is 0.686. The van der Waals surface area contributed by atoms with E-state index in [1.807, 2.05) is 13.8 Å². The van der Waals surface area contributed by atoms with E-state index in [0.717, 1.165) is 30.6 Å². The van der Waals surface area contributed by atoms with Crippen LogP contribution in [0.3, 0.4) is 0 Å². The highest BCUT2D eigenvalue weighted by Crippen LogP contribution is 2.68. The number of fused-ring (bicyclic) bond motifs is 5. The Morgan fingerprint density at radius 2 is 1.48 bits per heavy atom. The van der Waals surface area contributed by atoms with Crippen LogP contribution < -0.4 is 0 Å². The van der Waals surface area contributed by atoms with Gasteiger partial charge in [-0.3, -0.25) is 0 Å². The molecule has 4 rings (SSSR count). The van der Waals surface area contributed by atoms with Crippen LogP contribution in [-0.4, -0.2) is 21.4 Å². The molecule has 4 fully saturated rings. The van der Waals surface area contributed by atoms with Crippen LogP contribution in [0.2, 0.25) is 0 Å². The molecule has 0 aromatic carbocycles. The average molecular weight is 349 g/mol. The van der Waals surface area contributed by atoms with Gasteiger partial charge in [-0.2, -0.15) is 0 Å². The summed E-state index contributed by atoms with van der Waals surface area (Å²) in [7, 11) is 0. The normalized spacial score (nSPS) is 56.0. The van der Waals surface area contributed by atoms with E-state index in [4.69, 9.17) is 0 Å². The standard InChI is InChI=1S/C23H40O2/c1-20(2,24)19-9-8-17-16-7-6-15-14-21(3,25)12-13-22(15,4)18(16)10-11-23(17,19)5/h15-19,24-25H,6-14H2,1-5H3/t15-,16-,17-,18?,19+,21+,22-,23-/m0/s1. The van der Waals surface area contributed by atoms with Gasteiger partial charge in [0.2, 0.25) is 0 Å². The Morgan fingerprint density at radius 1 is 0.800 bits per heavy atom. The van der Waals surface area contributed by atoms with Gasteiger partial charge in [0, 0.05) is 0 Å². The molecule has 144 valence electrons. The van der Waals surface area contributed by atoms with Crippen molar-refractivity contribution in [2.24, 2.45) is 40.4 Å². The van der Waals surface area contributed by atoms with Crippen molar-refractivity contribution in [2.75, 3.05) is 0 Å². The van der Waals surface area contributed by atoms with E-state index in [0.29, 0.717) is 22.7 Å². The highest BCUT2D eigenvalue weighted by molar-refractivity contribution is 5.11. The molecule has 0 aromatic rings. The largest absolute Gasteiger partial charge is 0.390 e. The summed E-state index contributed by atoms with van der Waals surface area (Å²) in [6, 6.07) is 0. The summed E-state index contributed by atoms with van der Waals surface area (Å²) in [6.45, 7) is 11.2. The highest BCUT2D eigenvalue weighted by Gasteiger charge is 2.62. The topological polar surface area (TPSA) is 40.5 Å². The smallest absolute Gasteiger partial charge is 0.0625 e. The van der Waals surface area contributed by atoms with E-state index >= 15 is 0 Å². The first-order chi connectivity index (χ1) is 11.5. The molecule has 2 N–H and O–H groups in total. The van der Waals surface area contributed by atoms with Crippen LogP contribution >= 0.6 is 0 Å². The molecule has 0 bridgehead atoms. The highest BCUT2D eigenvalue weighted by atomic mass is 16.3. The lowest BCUT2D eigenvalue weighted by Crippen LogP contribution is -2.56. The number of hydrogen-bond acceptors (Lipinski definition) is 2. The third kappa shape index (κ3) is 2.64. The fourth-order valence-corrected chi connectivity index (χ4v) is 8.59. The molecule has 0 amide bonds. The van der Waals surface area contributed by atoms with Crippen molar-refractivity contribution in [1.29, 1.82) is 0 Å². The van der Waals surface area contributed by atoms with Crippen LogP contribution in [0, 0.1) is 40.4 Å². The monoisotopic (exact) mass is 348 g/mol. The van der Waals surface area contributed by atoms with E-state index in [9.17, 15) is 10.2 Å². The lowest BCUT2D eigenvalue weighted by molar-refractivity contribution is -0.155. The van der Waals surface area contributed by atoms with Crippen molar-refractivity contribution in [2.45, 2.75) is 104 Å². The zero-order chi connectivity index (χ0) is 18.3. The summed E-state index contributed by atoms with van der Waals surface area (Å²) >= 11 is 0. The van der Waals surface area contributed by atoms with Gasteiger partial charge >= 0.3 is 0 Å². The predicted molar refractivity (Wildman–Crippen MR) is 102 cm³/mol. The lowest BCUT2D eigenvalue weighted by atomic mass is 9.43. The molecule has 25 heavy (non-hydrogen) atoms. The fraction of sp³-hybridized carbons (Fsp3) is 1.00. The average Bonchev–Trinajstić information content (AvgIpc) is 2.85. The maximum Gasteiger partial charge on any atom is 0.0625 e. The number of hydrogen-bond donors (Lipinski definition) is 2. The second-order valence-electron chi connectivity index (χ2n) is 11.7. The first-order valence-corrected chi connectivity index (χ1v) is 10.9. The van der Waals surface area contributed by atoms with Crippen LogP contribution in [0.1, 0.15) is 92.4 Å². The van der Waals surface area contributed by atoms with E-state index < -0.39 is 11.2 Å². The van der Waals surface area contributed by atoms with Gasteiger partial charge in [-0.25, -0.2) is 0 Å². The van der Waals surface area contributed by atoms with Crippen molar-refractivity contribution in [1.82, 2.24) is 0 Å². The zero-order valence-electron chi connectivity index (χ0n) is 17.1. The predicted octanol–water partition coefficient (Wildman–Crippen LogP) is 5.17. The lowest BCUT2D eigenvalue weighted by Gasteiger charge is -2.62. The molecular formula is C23H40O2. The van der Waals surface area contributed by atoms with Gasteiger partial charge in [-0.05, 0) is 119 Å². The van der Waals surface area contributed by atoms with E-state index in [-0.39, 0.29) is 0 Å². The van der Waals surface area contributed by atoms with Crippen molar-refractivity contribution in [3.8, 4) is 0 Å². The van der Waals surface area contributed by atoms with Gasteiger partial charge in [-0.15, -0.1) is 0 Å². The second kappa shape index (κ2) is 5.47. The van der Waals surface area contributed by atoms with Crippen molar-refractivity contribution >= 4 is 0 Å². The fourth-order valence-electron chi connectivity index (χ4n) is 8.59. The van der Waals surface area contributed by atoms with Gasteiger partial charge in [0.05, 0.1) is 11.2 Å². The second-order valence-corrected chi connectivity index (χ2v) is 11.7. The first kappa shape index (κ1) is 18.3. The van der Waals surface area contributed by atoms with Crippen LogP contribution in [0.5, 0.6) is 0 Å². The summed E-state index contributed by atoms with van der Waals surface area (Å²) in [5, 5.41) is 21.4. The Kier molecular flexibility index (Phi) is 4.00. The summed E-state index contributed by atoms with van der Waals surface area (Å²) in [6.07, 6.45) is 11.1. The summed E-state index contributed by atoms with van der Waals surface area (Å²) in [4.78, 5) is 0. The Morgan fingerprint density at radius 3 is 2.16 bits per heavy atom. The van der Waals surface area contributed by atoms with Gasteiger partial charge in [-0.1, -0.05) is 13.8 Å². The van der Waals surface area contributed by atoms with E-state index in [2.05, 4.69) is 20.8 Å². The molecule has 0 aliphatic heterocycles. The Balaban J connectivity index is 1.60. The maximum absolute atomic E-state index is 10.8. The third-order valence-corrected chi connectivity index (χ3v) is 9.81. The summed E-state index contributed by atoms with van der Waals surface area (Å²) < 4.78 is 0. The molecular weight excluding hydrogens is 308 g/mol. The van der Waals surface area contributed by atoms with Crippen molar-refractivity contribution in [3.63, 3.8) is 0 Å². The Bertz CT molecular complexity index is 533. The molecule has 1 unspecified atom stereocenters. The Labute approximate surface area is 154 Å². The van der Waals surface area contributed by atoms with Crippen LogP contribution in [0.4, 0.5) is 0 Å². The minimum Gasteiger partial charge on any atom is -0.390 e. The van der Waals surface area contributed by atoms with Crippen LogP contribution in [0.15, 0.2) is 0 Å². The molecule has 0 heterocycles. The number of rotatable bonds is 1. The third-order valence-electron chi connectivity index (χ3n) is 9.81.